The Hall–Kier alpha value is -2.08. The van der Waals surface area contributed by atoms with E-state index in [0.29, 0.717) is 16.3 Å². The van der Waals surface area contributed by atoms with E-state index in [2.05, 4.69) is 0 Å². The molecule has 122 valence electrons. The molecule has 2 fully saturated rings. The molecule has 0 aromatic heterocycles. The predicted molar refractivity (Wildman–Crippen MR) is 83.1 cm³/mol. The summed E-state index contributed by atoms with van der Waals surface area (Å²) in [6.07, 6.45) is 3.47. The molecule has 23 heavy (non-hydrogen) atoms. The van der Waals surface area contributed by atoms with E-state index < -0.39 is 17.8 Å². The van der Waals surface area contributed by atoms with Gasteiger partial charge in [0.2, 0.25) is 0 Å². The van der Waals surface area contributed by atoms with Crippen LogP contribution < -0.4 is 4.74 Å². The quantitative estimate of drug-likeness (QED) is 0.626. The summed E-state index contributed by atoms with van der Waals surface area (Å²) in [5.41, 5.74) is 0.586. The minimum absolute atomic E-state index is 0.0314. The standard InChI is InChI=1S/C16H17ClN2O4/c1-23-13-7-6-11(17)8-10(13)9-18-14(20)15(21)19(16(18)22)12-4-2-3-5-12/h6-8,12H,2-5,9H2,1H3. The fourth-order valence-electron chi connectivity index (χ4n) is 3.19. The zero-order valence-corrected chi connectivity index (χ0v) is 13.5. The number of imide groups is 2. The molecule has 0 unspecified atom stereocenters. The van der Waals surface area contributed by atoms with Crippen molar-refractivity contribution in [3.8, 4) is 5.75 Å². The number of amides is 4. The summed E-state index contributed by atoms with van der Waals surface area (Å²) >= 11 is 5.97. The van der Waals surface area contributed by atoms with Gasteiger partial charge in [0.15, 0.2) is 0 Å². The average molecular weight is 337 g/mol. The number of nitrogens with zero attached hydrogens (tertiary/aromatic N) is 2. The second kappa shape index (κ2) is 6.20. The van der Waals surface area contributed by atoms with Crippen molar-refractivity contribution in [2.45, 2.75) is 38.3 Å². The van der Waals surface area contributed by atoms with Crippen LogP contribution in [0.4, 0.5) is 4.79 Å². The molecule has 3 rings (SSSR count). The molecule has 1 saturated carbocycles. The molecule has 0 atom stereocenters. The van der Waals surface area contributed by atoms with Crippen molar-refractivity contribution in [2.24, 2.45) is 0 Å². The Balaban J connectivity index is 1.86. The van der Waals surface area contributed by atoms with E-state index in [-0.39, 0.29) is 12.6 Å². The van der Waals surface area contributed by atoms with Crippen LogP contribution in [0, 0.1) is 0 Å². The summed E-state index contributed by atoms with van der Waals surface area (Å²) in [6.45, 7) is -0.0314. The van der Waals surface area contributed by atoms with E-state index in [9.17, 15) is 14.4 Å². The summed E-state index contributed by atoms with van der Waals surface area (Å²) in [5.74, 6) is -1.01. The van der Waals surface area contributed by atoms with E-state index in [1.807, 2.05) is 0 Å². The number of carbonyl (C=O) groups is 3. The molecule has 1 aromatic rings. The van der Waals surface area contributed by atoms with Gasteiger partial charge in [0.1, 0.15) is 5.75 Å². The van der Waals surface area contributed by atoms with Crippen molar-refractivity contribution in [2.75, 3.05) is 7.11 Å². The van der Waals surface area contributed by atoms with Gasteiger partial charge in [-0.05, 0) is 31.0 Å². The molecule has 1 saturated heterocycles. The van der Waals surface area contributed by atoms with Crippen molar-refractivity contribution in [3.05, 3.63) is 28.8 Å². The summed E-state index contributed by atoms with van der Waals surface area (Å²) in [6, 6.07) is 4.25. The fraction of sp³-hybridized carbons (Fsp3) is 0.438. The third-order valence-corrected chi connectivity index (χ3v) is 4.58. The zero-order valence-electron chi connectivity index (χ0n) is 12.8. The fourth-order valence-corrected chi connectivity index (χ4v) is 3.38. The van der Waals surface area contributed by atoms with Crippen molar-refractivity contribution in [3.63, 3.8) is 0 Å². The monoisotopic (exact) mass is 336 g/mol. The maximum atomic E-state index is 12.5. The molecule has 4 amide bonds. The van der Waals surface area contributed by atoms with Gasteiger partial charge >= 0.3 is 17.8 Å². The van der Waals surface area contributed by atoms with Gasteiger partial charge in [-0.15, -0.1) is 0 Å². The first-order valence-corrected chi connectivity index (χ1v) is 7.92. The lowest BCUT2D eigenvalue weighted by atomic mass is 10.2. The highest BCUT2D eigenvalue weighted by atomic mass is 35.5. The van der Waals surface area contributed by atoms with E-state index in [1.54, 1.807) is 18.2 Å². The highest BCUT2D eigenvalue weighted by molar-refractivity contribution is 6.44. The maximum absolute atomic E-state index is 12.5. The molecule has 6 nitrogen and oxygen atoms in total. The zero-order chi connectivity index (χ0) is 16.6. The van der Waals surface area contributed by atoms with E-state index in [0.717, 1.165) is 35.5 Å². The van der Waals surface area contributed by atoms with E-state index in [4.69, 9.17) is 16.3 Å². The predicted octanol–water partition coefficient (Wildman–Crippen LogP) is 2.58. The van der Waals surface area contributed by atoms with Gasteiger partial charge in [0.25, 0.3) is 0 Å². The maximum Gasteiger partial charge on any atom is 0.334 e. The van der Waals surface area contributed by atoms with Gasteiger partial charge in [-0.3, -0.25) is 19.4 Å². The average Bonchev–Trinajstić information content (AvgIpc) is 3.11. The van der Waals surface area contributed by atoms with Crippen LogP contribution in [-0.4, -0.2) is 40.8 Å². The second-order valence-electron chi connectivity index (χ2n) is 5.74. The Morgan fingerprint density at radius 1 is 1.17 bits per heavy atom. The molecule has 0 spiro atoms. The first-order chi connectivity index (χ1) is 11.0. The molecule has 1 aliphatic carbocycles. The first-order valence-electron chi connectivity index (χ1n) is 7.54. The summed E-state index contributed by atoms with van der Waals surface area (Å²) in [7, 11) is 1.50. The highest BCUT2D eigenvalue weighted by Crippen LogP contribution is 2.30. The van der Waals surface area contributed by atoms with E-state index >= 15 is 0 Å². The van der Waals surface area contributed by atoms with Crippen LogP contribution >= 0.6 is 11.6 Å². The van der Waals surface area contributed by atoms with Crippen LogP contribution in [-0.2, 0) is 16.1 Å². The molecule has 0 radical (unpaired) electrons. The number of benzene rings is 1. The Morgan fingerprint density at radius 2 is 1.87 bits per heavy atom. The molecule has 2 aliphatic rings. The molecule has 1 aliphatic heterocycles. The Bertz CT molecular complexity index is 670. The Kier molecular flexibility index (Phi) is 4.26. The number of carbonyl (C=O) groups excluding carboxylic acids is 3. The minimum Gasteiger partial charge on any atom is -0.496 e. The molecule has 1 heterocycles. The summed E-state index contributed by atoms with van der Waals surface area (Å²) in [5, 5.41) is 0.471. The van der Waals surface area contributed by atoms with E-state index in [1.165, 1.54) is 7.11 Å². The first kappa shape index (κ1) is 15.8. The third-order valence-electron chi connectivity index (χ3n) is 4.34. The van der Waals surface area contributed by atoms with Crippen LogP contribution in [0.5, 0.6) is 5.75 Å². The number of rotatable bonds is 4. The number of urea groups is 1. The molecular weight excluding hydrogens is 320 g/mol. The van der Waals surface area contributed by atoms with Crippen molar-refractivity contribution < 1.29 is 19.1 Å². The second-order valence-corrected chi connectivity index (χ2v) is 6.18. The number of ether oxygens (including phenoxy) is 1. The highest BCUT2D eigenvalue weighted by Gasteiger charge is 2.48. The lowest BCUT2D eigenvalue weighted by Crippen LogP contribution is -2.39. The van der Waals surface area contributed by atoms with Crippen LogP contribution in [0.3, 0.4) is 0 Å². The lowest BCUT2D eigenvalue weighted by Gasteiger charge is -2.21. The molecule has 1 aromatic carbocycles. The van der Waals surface area contributed by atoms with Gasteiger partial charge in [0.05, 0.1) is 13.7 Å². The van der Waals surface area contributed by atoms with Crippen molar-refractivity contribution in [1.29, 1.82) is 0 Å². The lowest BCUT2D eigenvalue weighted by molar-refractivity contribution is -0.144. The Labute approximate surface area is 138 Å². The van der Waals surface area contributed by atoms with Crippen molar-refractivity contribution in [1.82, 2.24) is 9.80 Å². The number of methoxy groups -OCH3 is 1. The molecule has 0 bridgehead atoms. The normalized spacial score (nSPS) is 19.1. The van der Waals surface area contributed by atoms with Gasteiger partial charge < -0.3 is 4.74 Å². The van der Waals surface area contributed by atoms with Gasteiger partial charge in [-0.1, -0.05) is 24.4 Å². The van der Waals surface area contributed by atoms with Crippen LogP contribution in [0.1, 0.15) is 31.2 Å². The largest absolute Gasteiger partial charge is 0.496 e. The smallest absolute Gasteiger partial charge is 0.334 e. The van der Waals surface area contributed by atoms with Crippen LogP contribution in [0.25, 0.3) is 0 Å². The van der Waals surface area contributed by atoms with Crippen LogP contribution in [0.2, 0.25) is 5.02 Å². The number of hydrogen-bond acceptors (Lipinski definition) is 4. The number of halogens is 1. The summed E-state index contributed by atoms with van der Waals surface area (Å²) < 4.78 is 5.23. The molecular formula is C16H17ClN2O4. The van der Waals surface area contributed by atoms with Gasteiger partial charge in [0, 0.05) is 16.6 Å². The van der Waals surface area contributed by atoms with Crippen LogP contribution in [0.15, 0.2) is 18.2 Å². The molecule has 0 N–H and O–H groups in total. The van der Waals surface area contributed by atoms with Gasteiger partial charge in [-0.25, -0.2) is 4.79 Å². The van der Waals surface area contributed by atoms with Crippen molar-refractivity contribution >= 4 is 29.4 Å². The van der Waals surface area contributed by atoms with Gasteiger partial charge in [-0.2, -0.15) is 0 Å². The topological polar surface area (TPSA) is 66.9 Å². The number of hydrogen-bond donors (Lipinski definition) is 0. The SMILES string of the molecule is COc1ccc(Cl)cc1CN1C(=O)C(=O)N(C2CCCC2)C1=O. The Morgan fingerprint density at radius 3 is 2.52 bits per heavy atom. The molecule has 7 heteroatoms. The summed E-state index contributed by atoms with van der Waals surface area (Å²) in [4.78, 5) is 39.0. The third kappa shape index (κ3) is 2.79. The minimum atomic E-state index is -0.788.